The summed E-state index contributed by atoms with van der Waals surface area (Å²) in [7, 11) is 0. The van der Waals surface area contributed by atoms with Crippen molar-refractivity contribution >= 4 is 60.8 Å². The van der Waals surface area contributed by atoms with Crippen molar-refractivity contribution in [2.24, 2.45) is 0 Å². The van der Waals surface area contributed by atoms with Crippen LogP contribution in [0.2, 0.25) is 0 Å². The van der Waals surface area contributed by atoms with Gasteiger partial charge in [-0.2, -0.15) is 21.9 Å². The summed E-state index contributed by atoms with van der Waals surface area (Å²) in [5.74, 6) is 0. The molecule has 50 heavy (non-hydrogen) atoms. The molecule has 0 spiro atoms. The molecule has 0 N–H and O–H groups in total. The van der Waals surface area contributed by atoms with E-state index in [4.69, 9.17) is 0 Å². The third-order valence-corrected chi connectivity index (χ3v) is 22.0. The van der Waals surface area contributed by atoms with Crippen molar-refractivity contribution in [3.8, 4) is 0 Å². The first-order chi connectivity index (χ1) is 24.8. The predicted molar refractivity (Wildman–Crippen MR) is 220 cm³/mol. The third kappa shape index (κ3) is 6.50. The summed E-state index contributed by atoms with van der Waals surface area (Å²) in [6, 6.07) is 87.9. The van der Waals surface area contributed by atoms with E-state index >= 15 is 0 Å². The van der Waals surface area contributed by atoms with Gasteiger partial charge in [0, 0.05) is 0 Å². The van der Waals surface area contributed by atoms with Gasteiger partial charge in [-0.05, 0) is 0 Å². The van der Waals surface area contributed by atoms with Gasteiger partial charge in [-0.15, -0.1) is 0 Å². The van der Waals surface area contributed by atoms with Gasteiger partial charge in [0.15, 0.2) is 0 Å². The van der Waals surface area contributed by atoms with Crippen LogP contribution in [-0.4, -0.2) is 24.9 Å². The topological polar surface area (TPSA) is 0 Å². The molecule has 8 rings (SSSR count). The SMILES string of the molecule is c1cc[c]([Sb+]([c]2ccccc2)([c]2ccccc2)[c]2ccccc2)cc1.c1ccc([B-](c2ccccc2)(c2ccccc2)c2ccccc2)cc1. The molecule has 0 saturated carbocycles. The van der Waals surface area contributed by atoms with Crippen LogP contribution >= 0.6 is 0 Å². The van der Waals surface area contributed by atoms with E-state index in [1.165, 1.54) is 35.9 Å². The standard InChI is InChI=1S/C24H20B.4C6H5.Sb/c1-5-13-21(14-6-1)25(22-15-7-2-8-16-22,23-17-9-3-10-18-23)24-19-11-4-12-20-24;4*1-2-4-6-5-3-1;/h1-20H;4*1-5H;/q-1;;;;;+1. The van der Waals surface area contributed by atoms with Gasteiger partial charge in [-0.25, -0.2) is 0 Å². The molecule has 8 aromatic carbocycles. The number of hydrogen-bond acceptors (Lipinski definition) is 0. The molecular formula is C48H40BSb. The van der Waals surface area contributed by atoms with E-state index in [2.05, 4.69) is 243 Å². The van der Waals surface area contributed by atoms with Crippen molar-refractivity contribution in [1.82, 2.24) is 0 Å². The number of benzene rings is 8. The minimum absolute atomic E-state index is 1.22. The maximum Gasteiger partial charge on any atom is 0.108 e. The van der Waals surface area contributed by atoms with E-state index in [0.29, 0.717) is 0 Å². The van der Waals surface area contributed by atoms with Gasteiger partial charge in [0.2, 0.25) is 0 Å². The van der Waals surface area contributed by atoms with Gasteiger partial charge >= 0.3 is 154 Å². The minimum Gasteiger partial charge on any atom is -0.195 e. The van der Waals surface area contributed by atoms with Gasteiger partial charge < -0.3 is 0 Å². The van der Waals surface area contributed by atoms with Gasteiger partial charge in [0.1, 0.15) is 6.15 Å². The van der Waals surface area contributed by atoms with Crippen LogP contribution in [0, 0.1) is 0 Å². The maximum absolute atomic E-state index is 3.17. The van der Waals surface area contributed by atoms with Crippen molar-refractivity contribution in [3.05, 3.63) is 243 Å². The Morgan fingerprint density at radius 1 is 0.200 bits per heavy atom. The van der Waals surface area contributed by atoms with E-state index in [1.54, 1.807) is 0 Å². The van der Waals surface area contributed by atoms with Gasteiger partial charge in [0.05, 0.1) is 0 Å². The van der Waals surface area contributed by atoms with Crippen molar-refractivity contribution in [2.75, 3.05) is 0 Å². The quantitative estimate of drug-likeness (QED) is 0.164. The first kappa shape index (κ1) is 33.2. The van der Waals surface area contributed by atoms with Crippen LogP contribution in [0.15, 0.2) is 243 Å². The molecule has 0 amide bonds. The van der Waals surface area contributed by atoms with Crippen LogP contribution in [-0.2, 0) is 0 Å². The zero-order valence-electron chi connectivity index (χ0n) is 28.1. The second kappa shape index (κ2) is 15.9. The van der Waals surface area contributed by atoms with Crippen LogP contribution in [0.5, 0.6) is 0 Å². The third-order valence-electron chi connectivity index (χ3n) is 9.77. The van der Waals surface area contributed by atoms with Crippen molar-refractivity contribution < 1.29 is 0 Å². The molecule has 0 bridgehead atoms. The average molecular weight is 749 g/mol. The molecule has 0 aliphatic carbocycles. The summed E-state index contributed by atoms with van der Waals surface area (Å²) in [6.45, 7) is 0. The van der Waals surface area contributed by atoms with Gasteiger partial charge in [0.25, 0.3) is 0 Å². The molecule has 0 heterocycles. The Kier molecular flexibility index (Phi) is 10.5. The fourth-order valence-corrected chi connectivity index (χ4v) is 19.8. The van der Waals surface area contributed by atoms with E-state index in [0.717, 1.165) is 0 Å². The molecule has 0 saturated heterocycles. The Morgan fingerprint density at radius 3 is 0.540 bits per heavy atom. The summed E-state index contributed by atoms with van der Waals surface area (Å²) < 4.78 is 5.91. The molecule has 0 aliphatic rings. The van der Waals surface area contributed by atoms with E-state index in [9.17, 15) is 0 Å². The molecular weight excluding hydrogens is 709 g/mol. The maximum atomic E-state index is 2.32. The van der Waals surface area contributed by atoms with Gasteiger partial charge in [-0.1, -0.05) is 121 Å². The second-order valence-electron chi connectivity index (χ2n) is 12.5. The minimum atomic E-state index is -3.17. The summed E-state index contributed by atoms with van der Waals surface area (Å²) in [6.07, 6.45) is -1.22. The van der Waals surface area contributed by atoms with Crippen LogP contribution in [0.3, 0.4) is 0 Å². The summed E-state index contributed by atoms with van der Waals surface area (Å²) in [4.78, 5) is 0. The molecule has 0 aliphatic heterocycles. The Balaban J connectivity index is 0.000000157. The largest absolute Gasteiger partial charge is 0.195 e. The van der Waals surface area contributed by atoms with E-state index in [-0.39, 0.29) is 0 Å². The number of rotatable bonds is 8. The zero-order valence-corrected chi connectivity index (χ0v) is 30.7. The fourth-order valence-electron chi connectivity index (χ4n) is 7.62. The Labute approximate surface area is 301 Å². The van der Waals surface area contributed by atoms with Gasteiger partial charge in [-0.3, -0.25) is 0 Å². The Bertz CT molecular complexity index is 1670. The molecule has 0 radical (unpaired) electrons. The molecule has 0 nitrogen and oxygen atoms in total. The fraction of sp³-hybridized carbons (Fsp3) is 0. The monoisotopic (exact) mass is 748 g/mol. The zero-order chi connectivity index (χ0) is 33.9. The van der Waals surface area contributed by atoms with Crippen molar-refractivity contribution in [2.45, 2.75) is 0 Å². The molecule has 2 heteroatoms. The normalized spacial score (nSPS) is 11.2. The van der Waals surface area contributed by atoms with Crippen LogP contribution < -0.4 is 35.9 Å². The summed E-state index contributed by atoms with van der Waals surface area (Å²) in [5, 5.41) is 0. The summed E-state index contributed by atoms with van der Waals surface area (Å²) in [5.41, 5.74) is 5.36. The van der Waals surface area contributed by atoms with E-state index in [1.807, 2.05) is 0 Å². The van der Waals surface area contributed by atoms with Crippen LogP contribution in [0.25, 0.3) is 0 Å². The first-order valence-corrected chi connectivity index (χ1v) is 22.4. The van der Waals surface area contributed by atoms with Crippen LogP contribution in [0.1, 0.15) is 0 Å². The summed E-state index contributed by atoms with van der Waals surface area (Å²) >= 11 is -3.17. The first-order valence-electron chi connectivity index (χ1n) is 17.3. The second-order valence-corrected chi connectivity index (χ2v) is 22.2. The van der Waals surface area contributed by atoms with Crippen molar-refractivity contribution in [3.63, 3.8) is 0 Å². The molecule has 0 aromatic heterocycles. The predicted octanol–water partition coefficient (Wildman–Crippen LogP) is 6.13. The Hall–Kier alpha value is -5.36. The Morgan fingerprint density at radius 2 is 0.360 bits per heavy atom. The molecule has 0 fully saturated rings. The average Bonchev–Trinajstić information content (AvgIpc) is 3.22. The smallest absolute Gasteiger partial charge is 0.108 e. The molecule has 0 unspecified atom stereocenters. The van der Waals surface area contributed by atoms with Crippen LogP contribution in [0.4, 0.5) is 0 Å². The molecule has 8 aromatic rings. The number of hydrogen-bond donors (Lipinski definition) is 0. The van der Waals surface area contributed by atoms with Crippen molar-refractivity contribution in [1.29, 1.82) is 0 Å². The molecule has 240 valence electrons. The van der Waals surface area contributed by atoms with E-state index < -0.39 is 24.9 Å². The molecule has 0 atom stereocenters.